The zero-order chi connectivity index (χ0) is 16.9. The summed E-state index contributed by atoms with van der Waals surface area (Å²) in [5.74, 6) is 0. The fraction of sp³-hybridized carbons (Fsp3) is 0.235. The first-order chi connectivity index (χ1) is 10.9. The number of rotatable bonds is 5. The van der Waals surface area contributed by atoms with Crippen molar-refractivity contribution < 1.29 is 14.5 Å². The lowest BCUT2D eigenvalue weighted by molar-refractivity contribution is -0.384. The molecule has 0 saturated carbocycles. The molecule has 0 saturated heterocycles. The molecule has 0 aliphatic carbocycles. The topological polar surface area (TPSA) is 81.5 Å². The third-order valence-corrected chi connectivity index (χ3v) is 3.43. The highest BCUT2D eigenvalue weighted by atomic mass is 16.6. The standard InChI is InChI=1S/C17H18N2O4/c1-17(2,14-8-10-15(11-9-14)19(21)22)18-16(20)23-12-13-6-4-3-5-7-13/h3-11H,12H2,1-2H3,(H,18,20). The number of nitrogens with zero attached hydrogens (tertiary/aromatic N) is 1. The predicted octanol–water partition coefficient (Wildman–Crippen LogP) is 3.76. The zero-order valence-corrected chi connectivity index (χ0v) is 13.0. The second-order valence-corrected chi connectivity index (χ2v) is 5.62. The average Bonchev–Trinajstić information content (AvgIpc) is 2.53. The number of nitrogens with one attached hydrogen (secondary N) is 1. The van der Waals surface area contributed by atoms with Crippen LogP contribution < -0.4 is 5.32 Å². The molecular weight excluding hydrogens is 296 g/mol. The summed E-state index contributed by atoms with van der Waals surface area (Å²) in [5, 5.41) is 13.4. The van der Waals surface area contributed by atoms with Crippen molar-refractivity contribution in [3.63, 3.8) is 0 Å². The van der Waals surface area contributed by atoms with Crippen molar-refractivity contribution in [3.05, 3.63) is 75.8 Å². The van der Waals surface area contributed by atoms with Crippen molar-refractivity contribution in [1.82, 2.24) is 5.32 Å². The fourth-order valence-corrected chi connectivity index (χ4v) is 2.09. The van der Waals surface area contributed by atoms with Gasteiger partial charge < -0.3 is 10.1 Å². The van der Waals surface area contributed by atoms with E-state index in [1.54, 1.807) is 26.0 Å². The number of carbonyl (C=O) groups is 1. The smallest absolute Gasteiger partial charge is 0.408 e. The molecule has 0 aromatic heterocycles. The Balaban J connectivity index is 1.96. The molecule has 6 nitrogen and oxygen atoms in total. The number of benzene rings is 2. The first-order valence-electron chi connectivity index (χ1n) is 7.12. The Morgan fingerprint density at radius 1 is 1.13 bits per heavy atom. The number of ether oxygens (including phenoxy) is 1. The van der Waals surface area contributed by atoms with E-state index in [-0.39, 0.29) is 12.3 Å². The quantitative estimate of drug-likeness (QED) is 0.673. The first-order valence-corrected chi connectivity index (χ1v) is 7.12. The van der Waals surface area contributed by atoms with Gasteiger partial charge in [0.05, 0.1) is 10.5 Å². The Morgan fingerprint density at radius 3 is 2.30 bits per heavy atom. The second kappa shape index (κ2) is 6.91. The Bertz CT molecular complexity index is 681. The van der Waals surface area contributed by atoms with Crippen LogP contribution in [0.1, 0.15) is 25.0 Å². The maximum Gasteiger partial charge on any atom is 0.408 e. The van der Waals surface area contributed by atoms with E-state index < -0.39 is 16.6 Å². The number of nitro groups is 1. The van der Waals surface area contributed by atoms with E-state index in [1.165, 1.54) is 12.1 Å². The van der Waals surface area contributed by atoms with E-state index in [0.717, 1.165) is 11.1 Å². The van der Waals surface area contributed by atoms with Gasteiger partial charge in [0, 0.05) is 12.1 Å². The van der Waals surface area contributed by atoms with Gasteiger partial charge in [-0.15, -0.1) is 0 Å². The van der Waals surface area contributed by atoms with Crippen molar-refractivity contribution in [2.24, 2.45) is 0 Å². The fourth-order valence-electron chi connectivity index (χ4n) is 2.09. The van der Waals surface area contributed by atoms with Gasteiger partial charge in [-0.25, -0.2) is 4.79 Å². The SMILES string of the molecule is CC(C)(NC(=O)OCc1ccccc1)c1ccc([N+](=O)[O-])cc1. The second-order valence-electron chi connectivity index (χ2n) is 5.62. The Morgan fingerprint density at radius 2 is 1.74 bits per heavy atom. The molecule has 0 atom stereocenters. The molecule has 120 valence electrons. The van der Waals surface area contributed by atoms with Gasteiger partial charge in [-0.3, -0.25) is 10.1 Å². The molecule has 23 heavy (non-hydrogen) atoms. The molecule has 0 fully saturated rings. The van der Waals surface area contributed by atoms with Gasteiger partial charge in [0.2, 0.25) is 0 Å². The first kappa shape index (κ1) is 16.5. The van der Waals surface area contributed by atoms with E-state index in [2.05, 4.69) is 5.32 Å². The number of nitro benzene ring substituents is 1. The summed E-state index contributed by atoms with van der Waals surface area (Å²) in [6.07, 6.45) is -0.544. The van der Waals surface area contributed by atoms with Crippen LogP contribution in [0.3, 0.4) is 0 Å². The van der Waals surface area contributed by atoms with E-state index in [0.29, 0.717) is 0 Å². The molecule has 2 rings (SSSR count). The summed E-state index contributed by atoms with van der Waals surface area (Å²) in [6.45, 7) is 3.79. The maximum absolute atomic E-state index is 11.9. The van der Waals surface area contributed by atoms with Crippen LogP contribution in [0.15, 0.2) is 54.6 Å². The van der Waals surface area contributed by atoms with Gasteiger partial charge in [0.25, 0.3) is 5.69 Å². The van der Waals surface area contributed by atoms with Crippen molar-refractivity contribution in [3.8, 4) is 0 Å². The summed E-state index contributed by atoms with van der Waals surface area (Å²) in [5.41, 5.74) is 0.954. The van der Waals surface area contributed by atoms with Gasteiger partial charge in [-0.2, -0.15) is 0 Å². The molecule has 0 bridgehead atoms. The van der Waals surface area contributed by atoms with Crippen molar-refractivity contribution in [1.29, 1.82) is 0 Å². The molecule has 1 amide bonds. The number of alkyl carbamates (subject to hydrolysis) is 1. The average molecular weight is 314 g/mol. The lowest BCUT2D eigenvalue weighted by Crippen LogP contribution is -2.41. The minimum absolute atomic E-state index is 0.0104. The van der Waals surface area contributed by atoms with Crippen molar-refractivity contribution >= 4 is 11.8 Å². The minimum atomic E-state index is -0.705. The monoisotopic (exact) mass is 314 g/mol. The van der Waals surface area contributed by atoms with Gasteiger partial charge in [0.1, 0.15) is 6.61 Å². The summed E-state index contributed by atoms with van der Waals surface area (Å²) < 4.78 is 5.19. The molecule has 1 N–H and O–H groups in total. The van der Waals surface area contributed by atoms with Crippen molar-refractivity contribution in [2.75, 3.05) is 0 Å². The van der Waals surface area contributed by atoms with E-state index in [4.69, 9.17) is 4.74 Å². The largest absolute Gasteiger partial charge is 0.445 e. The zero-order valence-electron chi connectivity index (χ0n) is 13.0. The lowest BCUT2D eigenvalue weighted by Gasteiger charge is -2.26. The number of carbonyl (C=O) groups excluding carboxylic acids is 1. The van der Waals surface area contributed by atoms with Crippen LogP contribution in [-0.2, 0) is 16.9 Å². The molecule has 6 heteroatoms. The molecule has 0 heterocycles. The summed E-state index contributed by atoms with van der Waals surface area (Å²) in [7, 11) is 0. The normalized spacial score (nSPS) is 10.9. The summed E-state index contributed by atoms with van der Waals surface area (Å²) >= 11 is 0. The number of non-ortho nitro benzene ring substituents is 1. The maximum atomic E-state index is 11.9. The molecule has 0 spiro atoms. The third kappa shape index (κ3) is 4.54. The highest BCUT2D eigenvalue weighted by molar-refractivity contribution is 5.68. The van der Waals surface area contributed by atoms with Crippen LogP contribution in [0.2, 0.25) is 0 Å². The van der Waals surface area contributed by atoms with Crippen LogP contribution >= 0.6 is 0 Å². The van der Waals surface area contributed by atoms with E-state index >= 15 is 0 Å². The minimum Gasteiger partial charge on any atom is -0.445 e. The highest BCUT2D eigenvalue weighted by Gasteiger charge is 2.24. The molecule has 0 aliphatic rings. The highest BCUT2D eigenvalue weighted by Crippen LogP contribution is 2.23. The van der Waals surface area contributed by atoms with Gasteiger partial charge in [-0.1, -0.05) is 30.3 Å². The lowest BCUT2D eigenvalue weighted by atomic mass is 9.94. The molecule has 2 aromatic carbocycles. The molecular formula is C17H18N2O4. The van der Waals surface area contributed by atoms with Crippen LogP contribution in [0, 0.1) is 10.1 Å². The van der Waals surface area contributed by atoms with Crippen LogP contribution in [0.5, 0.6) is 0 Å². The third-order valence-electron chi connectivity index (χ3n) is 3.43. The van der Waals surface area contributed by atoms with Crippen molar-refractivity contribution in [2.45, 2.75) is 26.0 Å². The van der Waals surface area contributed by atoms with Gasteiger partial charge in [0.15, 0.2) is 0 Å². The summed E-state index contributed by atoms with van der Waals surface area (Å²) in [6, 6.07) is 15.4. The van der Waals surface area contributed by atoms with Crippen LogP contribution in [0.25, 0.3) is 0 Å². The Hall–Kier alpha value is -2.89. The molecule has 0 unspecified atom stereocenters. The van der Waals surface area contributed by atoms with Crippen LogP contribution in [0.4, 0.5) is 10.5 Å². The Kier molecular flexibility index (Phi) is 4.95. The van der Waals surface area contributed by atoms with Gasteiger partial charge >= 0.3 is 6.09 Å². The van der Waals surface area contributed by atoms with Gasteiger partial charge in [-0.05, 0) is 37.1 Å². The Labute approximate surface area is 134 Å². The number of amides is 1. The van der Waals surface area contributed by atoms with Crippen LogP contribution in [-0.4, -0.2) is 11.0 Å². The molecule has 0 radical (unpaired) electrons. The van der Waals surface area contributed by atoms with E-state index in [1.807, 2.05) is 30.3 Å². The predicted molar refractivity (Wildman–Crippen MR) is 85.9 cm³/mol. The molecule has 2 aromatic rings. The number of hydrogen-bond donors (Lipinski definition) is 1. The summed E-state index contributed by atoms with van der Waals surface area (Å²) in [4.78, 5) is 22.2. The van der Waals surface area contributed by atoms with E-state index in [9.17, 15) is 14.9 Å². The molecule has 0 aliphatic heterocycles. The number of hydrogen-bond acceptors (Lipinski definition) is 4.